The molecule has 1 aromatic carbocycles. The summed E-state index contributed by atoms with van der Waals surface area (Å²) in [6, 6.07) is 7.41. The van der Waals surface area contributed by atoms with Crippen LogP contribution in [0.4, 0.5) is 5.69 Å². The standard InChI is InChI=1S/C7H7NO.Fe/c1-9-7-4-2-6(8)3-5-7;/h2-5H,1H3;/q+1;. The molecule has 10 heavy (non-hydrogen) atoms. The summed E-state index contributed by atoms with van der Waals surface area (Å²) in [5.41, 5.74) is 0.862. The zero-order valence-corrected chi connectivity index (χ0v) is 6.62. The Bertz CT molecular complexity index is 249. The van der Waals surface area contributed by atoms with Crippen molar-refractivity contribution in [2.24, 2.45) is 0 Å². The molecule has 0 atom stereocenters. The summed E-state index contributed by atoms with van der Waals surface area (Å²) in [6.45, 7) is 0. The normalized spacial score (nSPS) is 8.50. The molecule has 0 N–H and O–H groups in total. The van der Waals surface area contributed by atoms with Gasteiger partial charge >= 0.3 is 67.0 Å². The Kier molecular flexibility index (Phi) is 2.52. The van der Waals surface area contributed by atoms with Gasteiger partial charge in [-0.2, -0.15) is 0 Å². The van der Waals surface area contributed by atoms with E-state index >= 15 is 0 Å². The first kappa shape index (κ1) is 7.36. The third-order valence-corrected chi connectivity index (χ3v) is 1.45. The summed E-state index contributed by atoms with van der Waals surface area (Å²) in [6.07, 6.45) is 0. The van der Waals surface area contributed by atoms with Gasteiger partial charge in [0.1, 0.15) is 0 Å². The second-order valence-corrected chi connectivity index (χ2v) is 2.02. The summed E-state index contributed by atoms with van der Waals surface area (Å²) >= 11 is 3.40. The zero-order chi connectivity index (χ0) is 7.40. The first-order valence-electron chi connectivity index (χ1n) is 2.82. The molecule has 0 aromatic heterocycles. The molecule has 1 rings (SSSR count). The van der Waals surface area contributed by atoms with Crippen LogP contribution < -0.4 is 4.74 Å². The van der Waals surface area contributed by atoms with Crippen molar-refractivity contribution in [2.45, 2.75) is 0 Å². The summed E-state index contributed by atoms with van der Waals surface area (Å²) < 4.78 is 8.69. The fourth-order valence-electron chi connectivity index (χ4n) is 0.635. The third-order valence-electron chi connectivity index (χ3n) is 1.16. The van der Waals surface area contributed by atoms with Gasteiger partial charge in [-0.3, -0.25) is 0 Å². The summed E-state index contributed by atoms with van der Waals surface area (Å²) in [7, 11) is 1.64. The van der Waals surface area contributed by atoms with Crippen LogP contribution in [-0.2, 0) is 15.6 Å². The Morgan fingerprint density at radius 3 is 2.30 bits per heavy atom. The molecule has 0 aliphatic rings. The number of methoxy groups -OCH3 is 1. The minimum atomic E-state index is 0.840. The molecular weight excluding hydrogens is 170 g/mol. The van der Waals surface area contributed by atoms with Gasteiger partial charge in [0.2, 0.25) is 0 Å². The van der Waals surface area contributed by atoms with E-state index in [-0.39, 0.29) is 0 Å². The van der Waals surface area contributed by atoms with E-state index in [2.05, 4.69) is 19.4 Å². The Balaban J connectivity index is 2.93. The predicted molar refractivity (Wildman–Crippen MR) is 36.0 cm³/mol. The molecule has 0 saturated carbocycles. The molecule has 0 amide bonds. The summed E-state index contributed by atoms with van der Waals surface area (Å²) in [5, 5.41) is 0. The molecule has 53 valence electrons. The van der Waals surface area contributed by atoms with Gasteiger partial charge < -0.3 is 0 Å². The molecule has 0 aliphatic heterocycles. The number of hydrogen-bond acceptors (Lipinski definition) is 1. The van der Waals surface area contributed by atoms with Crippen LogP contribution in [-0.4, -0.2) is 7.11 Å². The maximum absolute atomic E-state index is 4.95. The second kappa shape index (κ2) is 3.43. The van der Waals surface area contributed by atoms with Crippen molar-refractivity contribution in [1.29, 1.82) is 0 Å². The second-order valence-electron chi connectivity index (χ2n) is 1.78. The van der Waals surface area contributed by atoms with Gasteiger partial charge in [0.15, 0.2) is 0 Å². The fourth-order valence-corrected chi connectivity index (χ4v) is 0.800. The Labute approximate surface area is 67.5 Å². The molecule has 1 aromatic rings. The number of ether oxygens (including phenoxy) is 1. The zero-order valence-electron chi connectivity index (χ0n) is 5.52. The molecule has 0 spiro atoms. The Hall–Kier alpha value is -0.751. The molecule has 2 nitrogen and oxygen atoms in total. The molecular formula is C7H7FeNO+. The van der Waals surface area contributed by atoms with Crippen LogP contribution in [0.25, 0.3) is 3.78 Å². The molecule has 0 heterocycles. The van der Waals surface area contributed by atoms with E-state index in [0.717, 1.165) is 11.4 Å². The van der Waals surface area contributed by atoms with E-state index in [1.54, 1.807) is 7.11 Å². The number of hydrogen-bond donors (Lipinski definition) is 0. The van der Waals surface area contributed by atoms with Crippen LogP contribution >= 0.6 is 0 Å². The molecule has 0 fully saturated rings. The molecule has 0 aliphatic carbocycles. The third kappa shape index (κ3) is 1.61. The van der Waals surface area contributed by atoms with Crippen LogP contribution in [0.3, 0.4) is 0 Å². The number of nitrogens with zero attached hydrogens (tertiary/aromatic N) is 1. The number of benzene rings is 1. The van der Waals surface area contributed by atoms with Gasteiger partial charge in [-0.15, -0.1) is 0 Å². The monoisotopic (exact) mass is 177 g/mol. The molecule has 0 radical (unpaired) electrons. The Morgan fingerprint density at radius 1 is 1.30 bits per heavy atom. The van der Waals surface area contributed by atoms with Crippen LogP contribution in [0.1, 0.15) is 0 Å². The predicted octanol–water partition coefficient (Wildman–Crippen LogP) is 2.16. The summed E-state index contributed by atoms with van der Waals surface area (Å²) in [5.74, 6) is 0.840. The average molecular weight is 177 g/mol. The fraction of sp³-hybridized carbons (Fsp3) is 0.143. The van der Waals surface area contributed by atoms with Crippen molar-refractivity contribution >= 4 is 5.69 Å². The van der Waals surface area contributed by atoms with Crippen molar-refractivity contribution in [2.75, 3.05) is 7.11 Å². The molecule has 0 saturated heterocycles. The van der Waals surface area contributed by atoms with Crippen molar-refractivity contribution < 1.29 is 20.4 Å². The van der Waals surface area contributed by atoms with Crippen molar-refractivity contribution in [3.8, 4) is 5.75 Å². The van der Waals surface area contributed by atoms with E-state index in [1.807, 2.05) is 24.3 Å². The SMILES string of the molecule is COc1ccc([N+]#[Fe])cc1. The van der Waals surface area contributed by atoms with Gasteiger partial charge in [-0.1, -0.05) is 0 Å². The summed E-state index contributed by atoms with van der Waals surface area (Å²) in [4.78, 5) is 0. The van der Waals surface area contributed by atoms with Crippen LogP contribution in [0.5, 0.6) is 5.75 Å². The van der Waals surface area contributed by atoms with Gasteiger partial charge in [-0.05, 0) is 0 Å². The molecule has 0 bridgehead atoms. The topological polar surface area (TPSA) is 13.6 Å². The average Bonchev–Trinajstić information content (AvgIpc) is 2.05. The van der Waals surface area contributed by atoms with Gasteiger partial charge in [-0.25, -0.2) is 0 Å². The minimum absolute atomic E-state index is 0.840. The van der Waals surface area contributed by atoms with Crippen molar-refractivity contribution in [1.82, 2.24) is 0 Å². The van der Waals surface area contributed by atoms with Crippen LogP contribution in [0.15, 0.2) is 24.3 Å². The van der Waals surface area contributed by atoms with E-state index in [4.69, 9.17) is 4.74 Å². The van der Waals surface area contributed by atoms with Gasteiger partial charge in [0.25, 0.3) is 0 Å². The molecule has 3 heteroatoms. The van der Waals surface area contributed by atoms with Gasteiger partial charge in [0, 0.05) is 0 Å². The van der Waals surface area contributed by atoms with E-state index in [9.17, 15) is 0 Å². The maximum atomic E-state index is 4.95. The van der Waals surface area contributed by atoms with Gasteiger partial charge in [0.05, 0.1) is 0 Å². The quantitative estimate of drug-likeness (QED) is 0.599. The van der Waals surface area contributed by atoms with E-state index in [1.165, 1.54) is 0 Å². The van der Waals surface area contributed by atoms with Crippen LogP contribution in [0.2, 0.25) is 0 Å². The molecule has 0 unspecified atom stereocenters. The first-order chi connectivity index (χ1) is 4.86. The number of rotatable bonds is 1. The van der Waals surface area contributed by atoms with Crippen molar-refractivity contribution in [3.05, 3.63) is 28.0 Å². The first-order valence-corrected chi connectivity index (χ1v) is 3.31. The Morgan fingerprint density at radius 2 is 1.90 bits per heavy atom. The van der Waals surface area contributed by atoms with Crippen LogP contribution in [0, 0.1) is 0 Å². The van der Waals surface area contributed by atoms with E-state index in [0.29, 0.717) is 0 Å². The van der Waals surface area contributed by atoms with Crippen molar-refractivity contribution in [3.63, 3.8) is 0 Å². The van der Waals surface area contributed by atoms with E-state index < -0.39 is 0 Å².